The molecular weight excluding hydrogens is 604 g/mol. The minimum atomic E-state index is -0.889. The second-order valence-electron chi connectivity index (χ2n) is 12.6. The molecule has 2 aromatic heterocycles. The lowest BCUT2D eigenvalue weighted by atomic mass is 9.81. The van der Waals surface area contributed by atoms with Crippen LogP contribution in [0.1, 0.15) is 59.8 Å². The van der Waals surface area contributed by atoms with Crippen molar-refractivity contribution in [1.29, 1.82) is 0 Å². The number of pyridine rings is 1. The molecule has 1 aliphatic heterocycles. The second-order valence-corrected chi connectivity index (χ2v) is 13.5. The van der Waals surface area contributed by atoms with Gasteiger partial charge in [0.1, 0.15) is 0 Å². The van der Waals surface area contributed by atoms with Crippen molar-refractivity contribution in [3.8, 4) is 22.6 Å². The summed E-state index contributed by atoms with van der Waals surface area (Å²) in [6.45, 7) is 7.44. The second kappa shape index (κ2) is 14.0. The molecule has 1 atom stereocenters. The van der Waals surface area contributed by atoms with Gasteiger partial charge in [-0.15, -0.1) is 11.8 Å². The Bertz CT molecular complexity index is 1620. The van der Waals surface area contributed by atoms with Crippen molar-refractivity contribution in [2.45, 2.75) is 69.7 Å². The van der Waals surface area contributed by atoms with Gasteiger partial charge in [0.05, 0.1) is 6.61 Å². The zero-order valence-corrected chi connectivity index (χ0v) is 29.0. The van der Waals surface area contributed by atoms with Crippen LogP contribution >= 0.6 is 11.8 Å². The van der Waals surface area contributed by atoms with Crippen LogP contribution in [0.4, 0.5) is 5.95 Å². The third-order valence-electron chi connectivity index (χ3n) is 9.27. The molecule has 0 radical (unpaired) electrons. The third kappa shape index (κ3) is 6.89. The molecule has 248 valence electrons. The smallest absolute Gasteiger partial charge is 0.254 e. The Balaban J connectivity index is 1.45. The van der Waals surface area contributed by atoms with Gasteiger partial charge in [0.2, 0.25) is 5.95 Å². The molecule has 1 fully saturated rings. The Labute approximate surface area is 275 Å². The largest absolute Gasteiger partial charge is 0.448 e. The average molecular weight is 651 g/mol. The van der Waals surface area contributed by atoms with Crippen molar-refractivity contribution in [2.75, 3.05) is 52.6 Å². The van der Waals surface area contributed by atoms with E-state index < -0.39 is 5.79 Å². The zero-order chi connectivity index (χ0) is 33.2. The monoisotopic (exact) mass is 650 g/mol. The lowest BCUT2D eigenvalue weighted by Crippen LogP contribution is -2.47. The van der Waals surface area contributed by atoms with Crippen molar-refractivity contribution in [2.24, 2.45) is 5.92 Å². The number of carbonyl (C=O) groups is 1. The van der Waals surface area contributed by atoms with E-state index >= 15 is 0 Å². The summed E-state index contributed by atoms with van der Waals surface area (Å²) in [6, 6.07) is 4.23. The fourth-order valence-electron chi connectivity index (χ4n) is 6.45. The normalized spacial score (nSPS) is 20.6. The number of anilines is 1. The van der Waals surface area contributed by atoms with Gasteiger partial charge in [-0.25, -0.2) is 9.97 Å². The van der Waals surface area contributed by atoms with E-state index in [9.17, 15) is 9.59 Å². The average Bonchev–Trinajstić information content (AvgIpc) is 3.42. The first-order valence-electron chi connectivity index (χ1n) is 15.7. The maximum Gasteiger partial charge on any atom is 0.254 e. The molecule has 0 bridgehead atoms. The highest BCUT2D eigenvalue weighted by atomic mass is 32.2. The number of fused-ring (bicyclic) bond motifs is 1. The summed E-state index contributed by atoms with van der Waals surface area (Å²) in [7, 11) is 7.66. The van der Waals surface area contributed by atoms with Crippen LogP contribution in [0.25, 0.3) is 11.1 Å². The number of hydrogen-bond acceptors (Lipinski definition) is 10. The number of carbonyl (C=O) groups excluding carboxylic acids is 1. The van der Waals surface area contributed by atoms with Crippen LogP contribution in [0.5, 0.6) is 11.5 Å². The summed E-state index contributed by atoms with van der Waals surface area (Å²) in [4.78, 5) is 43.5. The van der Waals surface area contributed by atoms with Gasteiger partial charge < -0.3 is 34.3 Å². The molecule has 2 aliphatic rings. The molecule has 5 rings (SSSR count). The molecule has 11 nitrogen and oxygen atoms in total. The lowest BCUT2D eigenvalue weighted by Gasteiger charge is -2.39. The number of nitrogens with zero attached hydrogens (tertiary/aromatic N) is 4. The van der Waals surface area contributed by atoms with Crippen molar-refractivity contribution in [1.82, 2.24) is 25.2 Å². The van der Waals surface area contributed by atoms with E-state index in [-0.39, 0.29) is 23.9 Å². The van der Waals surface area contributed by atoms with Crippen molar-refractivity contribution in [3.05, 3.63) is 57.3 Å². The minimum absolute atomic E-state index is 0.0915. The zero-order valence-electron chi connectivity index (χ0n) is 28.2. The molecule has 1 amide bonds. The minimum Gasteiger partial charge on any atom is -0.448 e. The van der Waals surface area contributed by atoms with E-state index in [4.69, 9.17) is 14.2 Å². The fourth-order valence-corrected chi connectivity index (χ4v) is 7.16. The number of ether oxygens (including phenoxy) is 3. The number of nitrogens with one attached hydrogen (secondary N) is 2. The van der Waals surface area contributed by atoms with Crippen LogP contribution < -0.4 is 25.2 Å². The SMILES string of the molecule is COCCN(C)C1CCC(C2(C)Oc3c(-c4cnc(N(C)C)nc4)cc(C(=O)NCc4c(SC)cc(C)[nH]c4=O)c(C)c3O2)CC1. The molecular formula is C34H46N6O5S. The van der Waals surface area contributed by atoms with Gasteiger partial charge >= 0.3 is 0 Å². The van der Waals surface area contributed by atoms with E-state index in [1.807, 2.05) is 58.2 Å². The maximum absolute atomic E-state index is 13.8. The number of amides is 1. The van der Waals surface area contributed by atoms with Gasteiger partial charge in [0, 0.05) is 104 Å². The Morgan fingerprint density at radius 2 is 1.78 bits per heavy atom. The van der Waals surface area contributed by atoms with E-state index in [1.54, 1.807) is 19.5 Å². The van der Waals surface area contributed by atoms with Gasteiger partial charge in [-0.1, -0.05) is 0 Å². The van der Waals surface area contributed by atoms with Crippen molar-refractivity contribution < 1.29 is 19.0 Å². The first kappa shape index (κ1) is 33.7. The number of aryl methyl sites for hydroxylation is 1. The van der Waals surface area contributed by atoms with Crippen LogP contribution in [0.3, 0.4) is 0 Å². The van der Waals surface area contributed by atoms with Gasteiger partial charge in [-0.3, -0.25) is 9.59 Å². The third-order valence-corrected chi connectivity index (χ3v) is 10.1. The number of aromatic nitrogens is 3. The van der Waals surface area contributed by atoms with E-state index in [1.165, 1.54) is 11.8 Å². The number of H-pyrrole nitrogens is 1. The molecule has 12 heteroatoms. The van der Waals surface area contributed by atoms with Crippen LogP contribution in [0.15, 0.2) is 34.2 Å². The van der Waals surface area contributed by atoms with Crippen LogP contribution in [0.2, 0.25) is 0 Å². The highest BCUT2D eigenvalue weighted by molar-refractivity contribution is 7.98. The first-order chi connectivity index (χ1) is 21.9. The molecule has 1 saturated carbocycles. The van der Waals surface area contributed by atoms with Crippen molar-refractivity contribution in [3.63, 3.8) is 0 Å². The molecule has 0 spiro atoms. The summed E-state index contributed by atoms with van der Waals surface area (Å²) in [5, 5.41) is 2.98. The number of hydrogen-bond donors (Lipinski definition) is 2. The Morgan fingerprint density at radius 1 is 1.11 bits per heavy atom. The fraction of sp³-hybridized carbons (Fsp3) is 0.529. The summed E-state index contributed by atoms with van der Waals surface area (Å²) in [6.07, 6.45) is 9.39. The maximum atomic E-state index is 13.8. The summed E-state index contributed by atoms with van der Waals surface area (Å²) in [5.41, 5.74) is 3.61. The van der Waals surface area contributed by atoms with E-state index in [2.05, 4.69) is 32.2 Å². The van der Waals surface area contributed by atoms with Gasteiger partial charge in [0.15, 0.2) is 11.5 Å². The number of rotatable bonds is 11. The first-order valence-corrected chi connectivity index (χ1v) is 17.0. The van der Waals surface area contributed by atoms with Crippen LogP contribution in [0, 0.1) is 19.8 Å². The molecule has 0 saturated heterocycles. The Kier molecular flexibility index (Phi) is 10.3. The standard InChI is InChI=1S/C34H46N6O5S/c1-20-15-28(46-8)27(32(42)38-20)19-35-31(41)25-16-26(22-17-36-33(37-18-22)39(4)5)30-29(21(25)2)44-34(3,45-30)23-9-11-24(12-10-23)40(6)13-14-43-7/h15-18,23-24H,9-14,19H2,1-8H3,(H,35,41)(H,38,42). The van der Waals surface area contributed by atoms with Gasteiger partial charge in [-0.2, -0.15) is 0 Å². The van der Waals surface area contributed by atoms with Crippen LogP contribution in [-0.2, 0) is 11.3 Å². The highest BCUT2D eigenvalue weighted by Crippen LogP contribution is 2.52. The molecule has 3 heterocycles. The summed E-state index contributed by atoms with van der Waals surface area (Å²) in [5.74, 6) is 0.696. The molecule has 2 N–H and O–H groups in total. The summed E-state index contributed by atoms with van der Waals surface area (Å²) >= 11 is 1.48. The predicted octanol–water partition coefficient (Wildman–Crippen LogP) is 4.79. The quantitative estimate of drug-likeness (QED) is 0.280. The molecule has 3 aromatic rings. The molecule has 1 aromatic carbocycles. The molecule has 1 aliphatic carbocycles. The van der Waals surface area contributed by atoms with Crippen molar-refractivity contribution >= 4 is 23.6 Å². The van der Waals surface area contributed by atoms with Gasteiger partial charge in [-0.05, 0) is 65.0 Å². The lowest BCUT2D eigenvalue weighted by molar-refractivity contribution is -0.123. The number of thioether (sulfide) groups is 1. The van der Waals surface area contributed by atoms with Gasteiger partial charge in [0.25, 0.3) is 17.3 Å². The molecule has 46 heavy (non-hydrogen) atoms. The number of benzene rings is 1. The highest BCUT2D eigenvalue weighted by Gasteiger charge is 2.48. The van der Waals surface area contributed by atoms with E-state index in [0.717, 1.165) is 42.8 Å². The molecule has 1 unspecified atom stereocenters. The Morgan fingerprint density at radius 3 is 2.41 bits per heavy atom. The number of aromatic amines is 1. The number of likely N-dealkylation sites (N-methyl/N-ethyl adjacent to an activating group) is 1. The summed E-state index contributed by atoms with van der Waals surface area (Å²) < 4.78 is 18.8. The van der Waals surface area contributed by atoms with Crippen LogP contribution in [-0.4, -0.2) is 85.2 Å². The Hall–Kier alpha value is -3.61. The topological polar surface area (TPSA) is 122 Å². The number of methoxy groups -OCH3 is 1. The predicted molar refractivity (Wildman–Crippen MR) is 181 cm³/mol. The van der Waals surface area contributed by atoms with E-state index in [0.29, 0.717) is 57.9 Å².